The molecule has 4 nitrogen and oxygen atoms in total. The summed E-state index contributed by atoms with van der Waals surface area (Å²) in [5.74, 6) is 0. The summed E-state index contributed by atoms with van der Waals surface area (Å²) in [6.45, 7) is 3.62. The van der Waals surface area contributed by atoms with Crippen molar-refractivity contribution in [3.05, 3.63) is 34.3 Å². The smallest absolute Gasteiger partial charge is 0.0932 e. The fraction of sp³-hybridized carbons (Fsp3) is 0.600. The van der Waals surface area contributed by atoms with Crippen LogP contribution in [0.25, 0.3) is 0 Å². The van der Waals surface area contributed by atoms with Gasteiger partial charge in [0.15, 0.2) is 0 Å². The molecular weight excluding hydrogens is 320 g/mol. The lowest BCUT2D eigenvalue weighted by atomic mass is 10.0. The number of hydrogen-bond acceptors (Lipinski definition) is 4. The maximum absolute atomic E-state index is 9.17. The summed E-state index contributed by atoms with van der Waals surface area (Å²) in [7, 11) is 2.00. The van der Waals surface area contributed by atoms with E-state index < -0.39 is 0 Å². The zero-order valence-corrected chi connectivity index (χ0v) is 13.5. The van der Waals surface area contributed by atoms with Crippen LogP contribution >= 0.6 is 15.9 Å². The number of morpholine rings is 1. The molecule has 0 radical (unpaired) electrons. The van der Waals surface area contributed by atoms with E-state index in [4.69, 9.17) is 9.84 Å². The van der Waals surface area contributed by atoms with E-state index >= 15 is 0 Å². The standard InChI is InChI=1S/C15H23BrN2O2/c1-17-15(12-2-4-13(16)5-3-12)6-7-18-8-9-20-14(10-18)11-19/h2-5,14-15,17,19H,6-11H2,1H3. The molecule has 2 N–H and O–H groups in total. The molecule has 0 aromatic heterocycles. The minimum absolute atomic E-state index is 0.0236. The monoisotopic (exact) mass is 342 g/mol. The summed E-state index contributed by atoms with van der Waals surface area (Å²) in [5.41, 5.74) is 1.31. The van der Waals surface area contributed by atoms with E-state index in [1.165, 1.54) is 5.56 Å². The molecule has 112 valence electrons. The van der Waals surface area contributed by atoms with Crippen molar-refractivity contribution in [3.8, 4) is 0 Å². The van der Waals surface area contributed by atoms with Crippen LogP contribution in [0.2, 0.25) is 0 Å². The molecule has 0 spiro atoms. The second-order valence-electron chi connectivity index (χ2n) is 5.16. The van der Waals surface area contributed by atoms with E-state index in [9.17, 15) is 0 Å². The molecule has 0 aliphatic carbocycles. The van der Waals surface area contributed by atoms with Crippen molar-refractivity contribution in [2.45, 2.75) is 18.6 Å². The summed E-state index contributed by atoms with van der Waals surface area (Å²) in [5, 5.41) is 12.5. The Kier molecular flexibility index (Phi) is 6.45. The van der Waals surface area contributed by atoms with Crippen LogP contribution in [0, 0.1) is 0 Å². The number of aliphatic hydroxyl groups is 1. The normalized spacial score (nSPS) is 21.9. The summed E-state index contributed by atoms with van der Waals surface area (Å²) in [6, 6.07) is 8.83. The molecule has 1 aliphatic rings. The zero-order chi connectivity index (χ0) is 14.4. The van der Waals surface area contributed by atoms with E-state index in [1.807, 2.05) is 7.05 Å². The van der Waals surface area contributed by atoms with Crippen molar-refractivity contribution in [2.75, 3.05) is 39.9 Å². The topological polar surface area (TPSA) is 44.7 Å². The quantitative estimate of drug-likeness (QED) is 0.827. The van der Waals surface area contributed by atoms with Crippen LogP contribution in [-0.2, 0) is 4.74 Å². The molecule has 1 aromatic carbocycles. The highest BCUT2D eigenvalue weighted by Crippen LogP contribution is 2.20. The van der Waals surface area contributed by atoms with Crippen LogP contribution in [0.3, 0.4) is 0 Å². The Hall–Kier alpha value is -0.460. The summed E-state index contributed by atoms with van der Waals surface area (Å²) in [6.07, 6.45) is 1.03. The lowest BCUT2D eigenvalue weighted by molar-refractivity contribution is -0.0533. The maximum atomic E-state index is 9.17. The Morgan fingerprint density at radius 2 is 2.20 bits per heavy atom. The SMILES string of the molecule is CNC(CCN1CCOC(CO)C1)c1ccc(Br)cc1. The molecular formula is C15H23BrN2O2. The molecule has 1 fully saturated rings. The van der Waals surface area contributed by atoms with Crippen molar-refractivity contribution in [3.63, 3.8) is 0 Å². The van der Waals surface area contributed by atoms with Gasteiger partial charge in [0.1, 0.15) is 0 Å². The highest BCUT2D eigenvalue weighted by molar-refractivity contribution is 9.10. The maximum Gasteiger partial charge on any atom is 0.0932 e. The van der Waals surface area contributed by atoms with Gasteiger partial charge in [-0.3, -0.25) is 4.90 Å². The molecule has 0 saturated carbocycles. The van der Waals surface area contributed by atoms with E-state index in [0.29, 0.717) is 12.6 Å². The van der Waals surface area contributed by atoms with E-state index in [1.54, 1.807) is 0 Å². The largest absolute Gasteiger partial charge is 0.394 e. The lowest BCUT2D eigenvalue weighted by Crippen LogP contribution is -2.44. The summed E-state index contributed by atoms with van der Waals surface area (Å²) >= 11 is 3.47. The van der Waals surface area contributed by atoms with Gasteiger partial charge >= 0.3 is 0 Å². The molecule has 2 rings (SSSR count). The number of halogens is 1. The molecule has 2 atom stereocenters. The first-order valence-electron chi connectivity index (χ1n) is 7.10. The molecule has 5 heteroatoms. The predicted molar refractivity (Wildman–Crippen MR) is 83.8 cm³/mol. The number of benzene rings is 1. The third-order valence-electron chi connectivity index (χ3n) is 3.78. The number of hydrogen-bond donors (Lipinski definition) is 2. The first-order valence-corrected chi connectivity index (χ1v) is 7.89. The Balaban J connectivity index is 1.85. The van der Waals surface area contributed by atoms with Crippen molar-refractivity contribution in [1.82, 2.24) is 10.2 Å². The van der Waals surface area contributed by atoms with Gasteiger partial charge in [-0.25, -0.2) is 0 Å². The van der Waals surface area contributed by atoms with Gasteiger partial charge in [-0.15, -0.1) is 0 Å². The molecule has 0 amide bonds. The number of rotatable bonds is 6. The van der Waals surface area contributed by atoms with Gasteiger partial charge in [0.2, 0.25) is 0 Å². The summed E-state index contributed by atoms with van der Waals surface area (Å²) in [4.78, 5) is 2.37. The third kappa shape index (κ3) is 4.53. The van der Waals surface area contributed by atoms with Crippen molar-refractivity contribution >= 4 is 15.9 Å². The Bertz CT molecular complexity index is 399. The summed E-state index contributed by atoms with van der Waals surface area (Å²) < 4.78 is 6.58. The molecule has 20 heavy (non-hydrogen) atoms. The molecule has 2 unspecified atom stereocenters. The number of ether oxygens (including phenoxy) is 1. The Morgan fingerprint density at radius 3 is 2.85 bits per heavy atom. The minimum atomic E-state index is -0.0236. The fourth-order valence-corrected chi connectivity index (χ4v) is 2.84. The molecule has 0 bridgehead atoms. The van der Waals surface area contributed by atoms with Crippen LogP contribution in [-0.4, -0.2) is 56.0 Å². The Labute approximate surface area is 129 Å². The van der Waals surface area contributed by atoms with Crippen LogP contribution < -0.4 is 5.32 Å². The highest BCUT2D eigenvalue weighted by Gasteiger charge is 2.20. The third-order valence-corrected chi connectivity index (χ3v) is 4.31. The average molecular weight is 343 g/mol. The van der Waals surface area contributed by atoms with Gasteiger partial charge in [0.05, 0.1) is 19.3 Å². The fourth-order valence-electron chi connectivity index (χ4n) is 2.58. The minimum Gasteiger partial charge on any atom is -0.394 e. The Morgan fingerprint density at radius 1 is 1.45 bits per heavy atom. The average Bonchev–Trinajstić information content (AvgIpc) is 2.50. The molecule has 1 heterocycles. The predicted octanol–water partition coefficient (Wildman–Crippen LogP) is 1.79. The van der Waals surface area contributed by atoms with Crippen LogP contribution in [0.4, 0.5) is 0 Å². The van der Waals surface area contributed by atoms with Gasteiger partial charge in [0.25, 0.3) is 0 Å². The molecule has 1 aromatic rings. The zero-order valence-electron chi connectivity index (χ0n) is 11.9. The number of nitrogens with zero attached hydrogens (tertiary/aromatic N) is 1. The number of aliphatic hydroxyl groups excluding tert-OH is 1. The van der Waals surface area contributed by atoms with Crippen LogP contribution in [0.15, 0.2) is 28.7 Å². The van der Waals surface area contributed by atoms with Crippen molar-refractivity contribution in [1.29, 1.82) is 0 Å². The van der Waals surface area contributed by atoms with Gasteiger partial charge in [-0.2, -0.15) is 0 Å². The van der Waals surface area contributed by atoms with E-state index in [-0.39, 0.29) is 12.7 Å². The molecule has 1 saturated heterocycles. The second-order valence-corrected chi connectivity index (χ2v) is 6.07. The second kappa shape index (κ2) is 8.10. The first kappa shape index (κ1) is 15.9. The van der Waals surface area contributed by atoms with Crippen molar-refractivity contribution in [2.24, 2.45) is 0 Å². The van der Waals surface area contributed by atoms with E-state index in [2.05, 4.69) is 50.4 Å². The van der Waals surface area contributed by atoms with Crippen molar-refractivity contribution < 1.29 is 9.84 Å². The lowest BCUT2D eigenvalue weighted by Gasteiger charge is -2.33. The van der Waals surface area contributed by atoms with Crippen LogP contribution in [0.1, 0.15) is 18.0 Å². The highest BCUT2D eigenvalue weighted by atomic mass is 79.9. The van der Waals surface area contributed by atoms with E-state index in [0.717, 1.165) is 30.5 Å². The van der Waals surface area contributed by atoms with Gasteiger partial charge in [-0.1, -0.05) is 28.1 Å². The van der Waals surface area contributed by atoms with Crippen LogP contribution in [0.5, 0.6) is 0 Å². The van der Waals surface area contributed by atoms with Gasteiger partial charge < -0.3 is 15.2 Å². The van der Waals surface area contributed by atoms with Gasteiger partial charge in [0, 0.05) is 30.1 Å². The van der Waals surface area contributed by atoms with Gasteiger partial charge in [-0.05, 0) is 31.2 Å². The first-order chi connectivity index (χ1) is 9.72. The number of nitrogens with one attached hydrogen (secondary N) is 1. The molecule has 1 aliphatic heterocycles.